The first-order chi connectivity index (χ1) is 8.23. The van der Waals surface area contributed by atoms with E-state index in [1.165, 1.54) is 6.92 Å². The highest BCUT2D eigenvalue weighted by molar-refractivity contribution is 6.32. The Kier molecular flexibility index (Phi) is 4.26. The molecule has 1 unspecified atom stereocenters. The van der Waals surface area contributed by atoms with Crippen LogP contribution in [0.15, 0.2) is 0 Å². The Morgan fingerprint density at radius 2 is 2.11 bits per heavy atom. The number of alkyl halides is 3. The smallest absolute Gasteiger partial charge is 0.436 e. The van der Waals surface area contributed by atoms with Gasteiger partial charge >= 0.3 is 12.1 Å². The van der Waals surface area contributed by atoms with Gasteiger partial charge in [0, 0.05) is 0 Å². The van der Waals surface area contributed by atoms with Crippen molar-refractivity contribution in [3.63, 3.8) is 0 Å². The lowest BCUT2D eigenvalue weighted by Gasteiger charge is -2.14. The fourth-order valence-electron chi connectivity index (χ4n) is 1.56. The molecule has 18 heavy (non-hydrogen) atoms. The van der Waals surface area contributed by atoms with Crippen LogP contribution in [0.25, 0.3) is 0 Å². The molecule has 0 aliphatic heterocycles. The van der Waals surface area contributed by atoms with E-state index < -0.39 is 28.9 Å². The molecular weight excluding hydrogens is 273 g/mol. The molecule has 1 rings (SSSR count). The van der Waals surface area contributed by atoms with Crippen LogP contribution >= 0.6 is 11.6 Å². The van der Waals surface area contributed by atoms with E-state index >= 15 is 0 Å². The summed E-state index contributed by atoms with van der Waals surface area (Å²) in [7, 11) is 1.16. The highest BCUT2D eigenvalue weighted by atomic mass is 35.5. The van der Waals surface area contributed by atoms with Gasteiger partial charge in [-0.05, 0) is 13.3 Å². The fourth-order valence-corrected chi connectivity index (χ4v) is 1.79. The van der Waals surface area contributed by atoms with Crippen LogP contribution in [-0.2, 0) is 15.7 Å². The zero-order chi connectivity index (χ0) is 14.1. The van der Waals surface area contributed by atoms with Crippen LogP contribution < -0.4 is 0 Å². The molecule has 1 heterocycles. The zero-order valence-corrected chi connectivity index (χ0v) is 10.8. The van der Waals surface area contributed by atoms with Crippen molar-refractivity contribution in [2.75, 3.05) is 7.11 Å². The first kappa shape index (κ1) is 14.8. The molecule has 1 aromatic heterocycles. The first-order valence-corrected chi connectivity index (χ1v) is 5.51. The minimum atomic E-state index is -4.65. The Labute approximate surface area is 107 Å². The van der Waals surface area contributed by atoms with Gasteiger partial charge in [-0.1, -0.05) is 18.5 Å². The molecule has 0 aliphatic rings. The predicted molar refractivity (Wildman–Crippen MR) is 58.3 cm³/mol. The van der Waals surface area contributed by atoms with Crippen LogP contribution in [0.3, 0.4) is 0 Å². The van der Waals surface area contributed by atoms with Crippen molar-refractivity contribution in [2.45, 2.75) is 32.5 Å². The maximum absolute atomic E-state index is 12.6. The summed E-state index contributed by atoms with van der Waals surface area (Å²) in [4.78, 5) is 11.5. The van der Waals surface area contributed by atoms with E-state index in [2.05, 4.69) is 9.84 Å². The first-order valence-electron chi connectivity index (χ1n) is 5.13. The van der Waals surface area contributed by atoms with Crippen molar-refractivity contribution >= 4 is 17.6 Å². The average Bonchev–Trinajstić information content (AvgIpc) is 2.58. The normalized spacial score (nSPS) is 13.5. The third-order valence-corrected chi connectivity index (χ3v) is 2.95. The molecule has 8 heteroatoms. The topological polar surface area (TPSA) is 44.1 Å². The van der Waals surface area contributed by atoms with Crippen LogP contribution in [0.4, 0.5) is 13.2 Å². The molecule has 0 saturated carbocycles. The van der Waals surface area contributed by atoms with Crippen LogP contribution in [0.1, 0.15) is 30.8 Å². The van der Waals surface area contributed by atoms with Crippen molar-refractivity contribution in [1.29, 1.82) is 0 Å². The fraction of sp³-hybridized carbons (Fsp3) is 0.600. The van der Waals surface area contributed by atoms with Crippen molar-refractivity contribution < 1.29 is 22.7 Å². The molecule has 0 N–H and O–H groups in total. The molecule has 0 bridgehead atoms. The van der Waals surface area contributed by atoms with E-state index in [1.54, 1.807) is 6.92 Å². The SMILES string of the molecule is CCC(C(=O)OC)n1nc(C(F)(F)F)c(Cl)c1C. The van der Waals surface area contributed by atoms with Crippen LogP contribution in [0, 0.1) is 6.92 Å². The number of rotatable bonds is 3. The molecule has 1 aromatic rings. The average molecular weight is 285 g/mol. The number of aromatic nitrogens is 2. The van der Waals surface area contributed by atoms with E-state index in [0.717, 1.165) is 11.8 Å². The summed E-state index contributed by atoms with van der Waals surface area (Å²) < 4.78 is 43.3. The minimum Gasteiger partial charge on any atom is -0.467 e. The Hall–Kier alpha value is -1.24. The molecule has 0 saturated heterocycles. The third kappa shape index (κ3) is 2.60. The maximum atomic E-state index is 12.6. The highest BCUT2D eigenvalue weighted by Crippen LogP contribution is 2.36. The van der Waals surface area contributed by atoms with Gasteiger partial charge in [0.15, 0.2) is 5.69 Å². The van der Waals surface area contributed by atoms with Gasteiger partial charge in [-0.2, -0.15) is 18.3 Å². The Balaban J connectivity index is 3.30. The summed E-state index contributed by atoms with van der Waals surface area (Å²) in [6, 6.07) is -0.913. The van der Waals surface area contributed by atoms with Crippen molar-refractivity contribution in [3.8, 4) is 0 Å². The zero-order valence-electron chi connectivity index (χ0n) is 10.0. The van der Waals surface area contributed by atoms with Gasteiger partial charge in [0.2, 0.25) is 0 Å². The minimum absolute atomic E-state index is 0.0845. The van der Waals surface area contributed by atoms with Gasteiger partial charge in [-0.15, -0.1) is 0 Å². The summed E-state index contributed by atoms with van der Waals surface area (Å²) in [5, 5.41) is 2.88. The predicted octanol–water partition coefficient (Wildman–Crippen LogP) is 2.99. The standard InChI is InChI=1S/C10H12ClF3N2O2/c1-4-6(9(17)18-3)16-5(2)7(11)8(15-16)10(12,13)14/h6H,4H2,1-3H3. The van der Waals surface area contributed by atoms with Gasteiger partial charge in [0.25, 0.3) is 0 Å². The summed E-state index contributed by atoms with van der Waals surface area (Å²) in [6.07, 6.45) is -4.40. The van der Waals surface area contributed by atoms with Crippen LogP contribution in [-0.4, -0.2) is 22.9 Å². The number of hydrogen-bond donors (Lipinski definition) is 0. The van der Waals surface area contributed by atoms with E-state index in [4.69, 9.17) is 11.6 Å². The molecule has 0 aliphatic carbocycles. The number of ether oxygens (including phenoxy) is 1. The summed E-state index contributed by atoms with van der Waals surface area (Å²) in [6.45, 7) is 3.01. The van der Waals surface area contributed by atoms with Gasteiger partial charge in [0.1, 0.15) is 6.04 Å². The number of nitrogens with zero attached hydrogens (tertiary/aromatic N) is 2. The molecule has 0 aromatic carbocycles. The lowest BCUT2D eigenvalue weighted by molar-refractivity contribution is -0.147. The molecule has 102 valence electrons. The second kappa shape index (κ2) is 5.17. The molecule has 0 amide bonds. The largest absolute Gasteiger partial charge is 0.467 e. The second-order valence-electron chi connectivity index (χ2n) is 3.64. The summed E-state index contributed by atoms with van der Waals surface area (Å²) in [5.74, 6) is -0.659. The molecule has 0 fully saturated rings. The Morgan fingerprint density at radius 3 is 2.44 bits per heavy atom. The van der Waals surface area contributed by atoms with Crippen molar-refractivity contribution in [3.05, 3.63) is 16.4 Å². The Morgan fingerprint density at radius 1 is 1.56 bits per heavy atom. The van der Waals surface area contributed by atoms with Gasteiger partial charge < -0.3 is 4.74 Å². The quantitative estimate of drug-likeness (QED) is 0.802. The highest BCUT2D eigenvalue weighted by Gasteiger charge is 2.39. The number of esters is 1. The molecule has 1 atom stereocenters. The lowest BCUT2D eigenvalue weighted by atomic mass is 10.2. The summed E-state index contributed by atoms with van der Waals surface area (Å²) >= 11 is 5.59. The number of carbonyl (C=O) groups excluding carboxylic acids is 1. The van der Waals surface area contributed by atoms with E-state index in [0.29, 0.717) is 0 Å². The van der Waals surface area contributed by atoms with Crippen LogP contribution in [0.2, 0.25) is 5.02 Å². The maximum Gasteiger partial charge on any atom is 0.436 e. The van der Waals surface area contributed by atoms with Crippen molar-refractivity contribution in [1.82, 2.24) is 9.78 Å². The van der Waals surface area contributed by atoms with Crippen LogP contribution in [0.5, 0.6) is 0 Å². The summed E-state index contributed by atoms with van der Waals surface area (Å²) in [5.41, 5.74) is -1.11. The molecular formula is C10H12ClF3N2O2. The number of hydrogen-bond acceptors (Lipinski definition) is 3. The molecule has 4 nitrogen and oxygen atoms in total. The van der Waals surface area contributed by atoms with Crippen molar-refractivity contribution in [2.24, 2.45) is 0 Å². The number of halogens is 4. The Bertz CT molecular complexity index is 457. The van der Waals surface area contributed by atoms with E-state index in [1.807, 2.05) is 0 Å². The van der Waals surface area contributed by atoms with Gasteiger partial charge in [-0.3, -0.25) is 4.68 Å². The molecule has 0 radical (unpaired) electrons. The second-order valence-corrected chi connectivity index (χ2v) is 4.02. The van der Waals surface area contributed by atoms with Gasteiger partial charge in [-0.25, -0.2) is 4.79 Å². The monoisotopic (exact) mass is 284 g/mol. The third-order valence-electron chi connectivity index (χ3n) is 2.50. The lowest BCUT2D eigenvalue weighted by Crippen LogP contribution is -2.22. The number of carbonyl (C=O) groups is 1. The number of methoxy groups -OCH3 is 1. The molecule has 0 spiro atoms. The van der Waals surface area contributed by atoms with E-state index in [9.17, 15) is 18.0 Å². The van der Waals surface area contributed by atoms with Gasteiger partial charge in [0.05, 0.1) is 17.8 Å². The van der Waals surface area contributed by atoms with E-state index in [-0.39, 0.29) is 12.1 Å².